The molecule has 1 heterocycles. The number of ether oxygens (including phenoxy) is 2. The minimum atomic E-state index is 0.295. The Hall–Kier alpha value is -2.43. The summed E-state index contributed by atoms with van der Waals surface area (Å²) in [7, 11) is 1.63. The van der Waals surface area contributed by atoms with Gasteiger partial charge in [-0.25, -0.2) is 4.98 Å². The zero-order valence-corrected chi connectivity index (χ0v) is 10.1. The van der Waals surface area contributed by atoms with Gasteiger partial charge in [0.1, 0.15) is 18.2 Å². The summed E-state index contributed by atoms with van der Waals surface area (Å²) in [5.74, 6) is 2.01. The molecule has 4 N–H and O–H groups in total. The van der Waals surface area contributed by atoms with E-state index in [1.807, 2.05) is 24.3 Å². The van der Waals surface area contributed by atoms with E-state index in [9.17, 15) is 0 Å². The highest BCUT2D eigenvalue weighted by atomic mass is 16.5. The molecule has 5 nitrogen and oxygen atoms in total. The van der Waals surface area contributed by atoms with Gasteiger partial charge in [0.05, 0.1) is 7.11 Å². The highest BCUT2D eigenvalue weighted by Gasteiger charge is 2.03. The molecule has 1 aromatic heterocycles. The third kappa shape index (κ3) is 2.82. The first kappa shape index (κ1) is 12.0. The lowest BCUT2D eigenvalue weighted by molar-refractivity contribution is 0.307. The quantitative estimate of drug-likeness (QED) is 0.858. The average molecular weight is 245 g/mol. The number of anilines is 2. The largest absolute Gasteiger partial charge is 0.497 e. The molecule has 0 saturated carbocycles. The molecular weight excluding hydrogens is 230 g/mol. The first-order valence-electron chi connectivity index (χ1n) is 5.47. The van der Waals surface area contributed by atoms with Gasteiger partial charge in [0.25, 0.3) is 0 Å². The van der Waals surface area contributed by atoms with Crippen LogP contribution >= 0.6 is 0 Å². The molecule has 0 saturated heterocycles. The predicted molar refractivity (Wildman–Crippen MR) is 70.4 cm³/mol. The lowest BCUT2D eigenvalue weighted by atomic mass is 10.2. The van der Waals surface area contributed by atoms with Crippen molar-refractivity contribution in [2.75, 3.05) is 18.6 Å². The summed E-state index contributed by atoms with van der Waals surface area (Å²) in [5, 5.41) is 0. The molecule has 0 unspecified atom stereocenters. The predicted octanol–water partition coefficient (Wildman–Crippen LogP) is 1.83. The van der Waals surface area contributed by atoms with E-state index in [0.29, 0.717) is 24.0 Å². The molecule has 0 aliphatic carbocycles. The maximum Gasteiger partial charge on any atom is 0.168 e. The van der Waals surface area contributed by atoms with Gasteiger partial charge in [-0.05, 0) is 29.8 Å². The van der Waals surface area contributed by atoms with Crippen LogP contribution in [-0.4, -0.2) is 12.1 Å². The van der Waals surface area contributed by atoms with Crippen LogP contribution < -0.4 is 20.9 Å². The number of rotatable bonds is 4. The monoisotopic (exact) mass is 245 g/mol. The van der Waals surface area contributed by atoms with Crippen LogP contribution in [0.25, 0.3) is 0 Å². The fourth-order valence-corrected chi connectivity index (χ4v) is 1.48. The second-order valence-corrected chi connectivity index (χ2v) is 3.76. The lowest BCUT2D eigenvalue weighted by Gasteiger charge is -2.09. The van der Waals surface area contributed by atoms with Crippen molar-refractivity contribution < 1.29 is 9.47 Å². The van der Waals surface area contributed by atoms with Gasteiger partial charge in [-0.3, -0.25) is 0 Å². The minimum Gasteiger partial charge on any atom is -0.497 e. The number of aromatic nitrogens is 1. The number of nitrogens with zero attached hydrogens (tertiary/aromatic N) is 1. The fraction of sp³-hybridized carbons (Fsp3) is 0.154. The van der Waals surface area contributed by atoms with Gasteiger partial charge in [0, 0.05) is 0 Å². The Morgan fingerprint density at radius 3 is 2.39 bits per heavy atom. The summed E-state index contributed by atoms with van der Waals surface area (Å²) in [6, 6.07) is 11.0. The molecule has 0 radical (unpaired) electrons. The maximum absolute atomic E-state index is 5.70. The molecule has 1 aromatic carbocycles. The van der Waals surface area contributed by atoms with Crippen molar-refractivity contribution in [2.45, 2.75) is 6.61 Å². The molecule has 0 fully saturated rings. The topological polar surface area (TPSA) is 83.4 Å². The number of hydrogen-bond acceptors (Lipinski definition) is 5. The number of hydrogen-bond donors (Lipinski definition) is 2. The van der Waals surface area contributed by atoms with Crippen LogP contribution in [0.2, 0.25) is 0 Å². The summed E-state index contributed by atoms with van der Waals surface area (Å²) in [6.45, 7) is 0.416. The second kappa shape index (κ2) is 5.27. The van der Waals surface area contributed by atoms with E-state index in [4.69, 9.17) is 20.9 Å². The number of pyridine rings is 1. The van der Waals surface area contributed by atoms with Gasteiger partial charge in [0.2, 0.25) is 0 Å². The summed E-state index contributed by atoms with van der Waals surface area (Å²) in [5.41, 5.74) is 12.2. The van der Waals surface area contributed by atoms with Gasteiger partial charge in [-0.2, -0.15) is 0 Å². The average Bonchev–Trinajstić information content (AvgIpc) is 2.38. The molecule has 0 atom stereocenters. The second-order valence-electron chi connectivity index (χ2n) is 3.76. The Balaban J connectivity index is 2.02. The minimum absolute atomic E-state index is 0.295. The van der Waals surface area contributed by atoms with Crippen LogP contribution in [0.4, 0.5) is 11.6 Å². The molecule has 18 heavy (non-hydrogen) atoms. The number of nitrogens with two attached hydrogens (primary N) is 2. The summed E-state index contributed by atoms with van der Waals surface area (Å²) < 4.78 is 10.6. The van der Waals surface area contributed by atoms with E-state index < -0.39 is 0 Å². The van der Waals surface area contributed by atoms with Crippen molar-refractivity contribution in [1.82, 2.24) is 4.98 Å². The number of nitrogen functional groups attached to an aromatic ring is 2. The third-order valence-electron chi connectivity index (χ3n) is 2.46. The standard InChI is InChI=1S/C13H15N3O2/c1-17-10-4-2-9(3-5-10)8-18-11-6-7-12(14)16-13(11)15/h2-7H,8H2,1H3,(H4,14,15,16). The van der Waals surface area contributed by atoms with Crippen molar-refractivity contribution in [3.8, 4) is 11.5 Å². The first-order valence-corrected chi connectivity index (χ1v) is 5.47. The number of methoxy groups -OCH3 is 1. The van der Waals surface area contributed by atoms with Crippen LogP contribution in [0, 0.1) is 0 Å². The maximum atomic E-state index is 5.70. The number of benzene rings is 1. The Labute approximate surface area is 105 Å². The summed E-state index contributed by atoms with van der Waals surface area (Å²) in [6.07, 6.45) is 0. The van der Waals surface area contributed by atoms with Gasteiger partial charge < -0.3 is 20.9 Å². The Morgan fingerprint density at radius 2 is 1.78 bits per heavy atom. The van der Waals surface area contributed by atoms with E-state index in [2.05, 4.69) is 4.98 Å². The van der Waals surface area contributed by atoms with Crippen LogP contribution in [-0.2, 0) is 6.61 Å². The molecule has 0 bridgehead atoms. The van der Waals surface area contributed by atoms with E-state index in [-0.39, 0.29) is 0 Å². The van der Waals surface area contributed by atoms with Crippen molar-refractivity contribution in [1.29, 1.82) is 0 Å². The summed E-state index contributed by atoms with van der Waals surface area (Å²) in [4.78, 5) is 3.92. The van der Waals surface area contributed by atoms with Gasteiger partial charge >= 0.3 is 0 Å². The van der Waals surface area contributed by atoms with E-state index in [1.54, 1.807) is 19.2 Å². The Kier molecular flexibility index (Phi) is 3.52. The molecular formula is C13H15N3O2. The molecule has 0 spiro atoms. The van der Waals surface area contributed by atoms with Crippen LogP contribution in [0.5, 0.6) is 11.5 Å². The van der Waals surface area contributed by atoms with Gasteiger partial charge in [-0.1, -0.05) is 12.1 Å². The normalized spacial score (nSPS) is 10.1. The fourth-order valence-electron chi connectivity index (χ4n) is 1.48. The highest BCUT2D eigenvalue weighted by molar-refractivity contribution is 5.50. The molecule has 0 amide bonds. The van der Waals surface area contributed by atoms with E-state index >= 15 is 0 Å². The smallest absolute Gasteiger partial charge is 0.168 e. The van der Waals surface area contributed by atoms with Crippen LogP contribution in [0.15, 0.2) is 36.4 Å². The molecule has 2 rings (SSSR count). The van der Waals surface area contributed by atoms with E-state index in [1.165, 1.54) is 0 Å². The van der Waals surface area contributed by atoms with E-state index in [0.717, 1.165) is 11.3 Å². The Bertz CT molecular complexity index is 526. The molecule has 5 heteroatoms. The van der Waals surface area contributed by atoms with Crippen molar-refractivity contribution in [3.63, 3.8) is 0 Å². The molecule has 2 aromatic rings. The van der Waals surface area contributed by atoms with Crippen molar-refractivity contribution in [3.05, 3.63) is 42.0 Å². The van der Waals surface area contributed by atoms with Crippen molar-refractivity contribution in [2.24, 2.45) is 0 Å². The molecule has 0 aliphatic rings. The SMILES string of the molecule is COc1ccc(COc2ccc(N)nc2N)cc1. The zero-order valence-electron chi connectivity index (χ0n) is 10.1. The first-order chi connectivity index (χ1) is 8.69. The van der Waals surface area contributed by atoms with Crippen LogP contribution in [0.3, 0.4) is 0 Å². The molecule has 94 valence electrons. The van der Waals surface area contributed by atoms with Crippen LogP contribution in [0.1, 0.15) is 5.56 Å². The Morgan fingerprint density at radius 1 is 1.06 bits per heavy atom. The lowest BCUT2D eigenvalue weighted by Crippen LogP contribution is -2.02. The zero-order chi connectivity index (χ0) is 13.0. The summed E-state index contributed by atoms with van der Waals surface area (Å²) >= 11 is 0. The third-order valence-corrected chi connectivity index (χ3v) is 2.46. The highest BCUT2D eigenvalue weighted by Crippen LogP contribution is 2.21. The van der Waals surface area contributed by atoms with Crippen molar-refractivity contribution >= 4 is 11.6 Å². The molecule has 0 aliphatic heterocycles. The van der Waals surface area contributed by atoms with Gasteiger partial charge in [0.15, 0.2) is 11.6 Å². The van der Waals surface area contributed by atoms with Gasteiger partial charge in [-0.15, -0.1) is 0 Å².